The van der Waals surface area contributed by atoms with Crippen LogP contribution in [-0.2, 0) is 11.3 Å². The SMILES string of the molecule is COc1ccc(N(C)C(=O)[C@@H]2CCN2Cc2ccccc2)cc1OC. The lowest BCUT2D eigenvalue weighted by Crippen LogP contribution is -2.55. The van der Waals surface area contributed by atoms with Crippen molar-refractivity contribution in [3.05, 3.63) is 54.1 Å². The Hall–Kier alpha value is -2.53. The van der Waals surface area contributed by atoms with Crippen LogP contribution in [0.25, 0.3) is 0 Å². The highest BCUT2D eigenvalue weighted by molar-refractivity contribution is 5.97. The summed E-state index contributed by atoms with van der Waals surface area (Å²) >= 11 is 0. The predicted octanol–water partition coefficient (Wildman–Crippen LogP) is 2.94. The first kappa shape index (κ1) is 17.3. The number of hydrogen-bond acceptors (Lipinski definition) is 4. The highest BCUT2D eigenvalue weighted by Gasteiger charge is 2.36. The van der Waals surface area contributed by atoms with Gasteiger partial charge in [0.25, 0.3) is 0 Å². The number of benzene rings is 2. The van der Waals surface area contributed by atoms with Gasteiger partial charge in [-0.3, -0.25) is 9.69 Å². The molecule has 0 N–H and O–H groups in total. The van der Waals surface area contributed by atoms with Gasteiger partial charge in [-0.05, 0) is 24.1 Å². The molecule has 2 aromatic carbocycles. The van der Waals surface area contributed by atoms with Crippen molar-refractivity contribution in [3.63, 3.8) is 0 Å². The Morgan fingerprint density at radius 1 is 1.12 bits per heavy atom. The summed E-state index contributed by atoms with van der Waals surface area (Å²) in [6.07, 6.45) is 0.892. The number of nitrogens with zero attached hydrogens (tertiary/aromatic N) is 2. The van der Waals surface area contributed by atoms with Gasteiger partial charge in [0, 0.05) is 31.9 Å². The minimum atomic E-state index is -0.0710. The zero-order valence-electron chi connectivity index (χ0n) is 14.9. The van der Waals surface area contributed by atoms with Crippen LogP contribution in [0, 0.1) is 0 Å². The van der Waals surface area contributed by atoms with Gasteiger partial charge in [0.05, 0.1) is 20.3 Å². The molecule has 1 amide bonds. The molecule has 25 heavy (non-hydrogen) atoms. The molecule has 132 valence electrons. The Morgan fingerprint density at radius 3 is 2.44 bits per heavy atom. The van der Waals surface area contributed by atoms with E-state index in [-0.39, 0.29) is 11.9 Å². The molecular formula is C20H24N2O3. The zero-order valence-corrected chi connectivity index (χ0v) is 14.9. The molecule has 5 nitrogen and oxygen atoms in total. The molecule has 1 aliphatic rings. The Labute approximate surface area is 148 Å². The van der Waals surface area contributed by atoms with Gasteiger partial charge >= 0.3 is 0 Å². The number of anilines is 1. The Balaban J connectivity index is 1.70. The summed E-state index contributed by atoms with van der Waals surface area (Å²) in [5.74, 6) is 1.38. The molecule has 0 aromatic heterocycles. The molecule has 2 aromatic rings. The van der Waals surface area contributed by atoms with Crippen molar-refractivity contribution in [2.45, 2.75) is 19.0 Å². The van der Waals surface area contributed by atoms with Gasteiger partial charge in [-0.15, -0.1) is 0 Å². The minimum absolute atomic E-state index is 0.0710. The molecule has 1 heterocycles. The summed E-state index contributed by atoms with van der Waals surface area (Å²) in [4.78, 5) is 16.8. The highest BCUT2D eigenvalue weighted by Crippen LogP contribution is 2.32. The third-order valence-corrected chi connectivity index (χ3v) is 4.73. The van der Waals surface area contributed by atoms with Gasteiger partial charge < -0.3 is 14.4 Å². The number of ether oxygens (including phenoxy) is 2. The molecule has 1 fully saturated rings. The number of amides is 1. The Morgan fingerprint density at radius 2 is 1.84 bits per heavy atom. The molecule has 0 saturated carbocycles. The first-order valence-corrected chi connectivity index (χ1v) is 8.41. The van der Waals surface area contributed by atoms with Crippen LogP contribution < -0.4 is 14.4 Å². The van der Waals surface area contributed by atoms with Crippen molar-refractivity contribution in [1.82, 2.24) is 4.90 Å². The van der Waals surface area contributed by atoms with E-state index in [1.54, 1.807) is 19.1 Å². The van der Waals surface area contributed by atoms with Crippen molar-refractivity contribution in [2.75, 3.05) is 32.7 Å². The van der Waals surface area contributed by atoms with Crippen molar-refractivity contribution in [3.8, 4) is 11.5 Å². The fraction of sp³-hybridized carbons (Fsp3) is 0.350. The van der Waals surface area contributed by atoms with Crippen LogP contribution in [0.2, 0.25) is 0 Å². The fourth-order valence-electron chi connectivity index (χ4n) is 3.11. The number of carbonyl (C=O) groups is 1. The molecule has 1 saturated heterocycles. The summed E-state index contributed by atoms with van der Waals surface area (Å²) in [5.41, 5.74) is 2.03. The highest BCUT2D eigenvalue weighted by atomic mass is 16.5. The fourth-order valence-corrected chi connectivity index (χ4v) is 3.11. The van der Waals surface area contributed by atoms with Crippen molar-refractivity contribution < 1.29 is 14.3 Å². The van der Waals surface area contributed by atoms with Gasteiger partial charge in [0.1, 0.15) is 0 Å². The topological polar surface area (TPSA) is 42.0 Å². The third-order valence-electron chi connectivity index (χ3n) is 4.73. The van der Waals surface area contributed by atoms with Crippen molar-refractivity contribution in [1.29, 1.82) is 0 Å². The van der Waals surface area contributed by atoms with Crippen LogP contribution >= 0.6 is 0 Å². The number of rotatable bonds is 6. The molecule has 5 heteroatoms. The van der Waals surface area contributed by atoms with Crippen LogP contribution in [0.15, 0.2) is 48.5 Å². The first-order chi connectivity index (χ1) is 12.1. The van der Waals surface area contributed by atoms with Gasteiger partial charge in [0.2, 0.25) is 5.91 Å². The molecule has 0 unspecified atom stereocenters. The van der Waals surface area contributed by atoms with Crippen molar-refractivity contribution in [2.24, 2.45) is 0 Å². The second-order valence-corrected chi connectivity index (χ2v) is 6.20. The minimum Gasteiger partial charge on any atom is -0.493 e. The summed E-state index contributed by atoms with van der Waals surface area (Å²) in [7, 11) is 5.00. The maximum absolute atomic E-state index is 12.9. The van der Waals surface area contributed by atoms with Gasteiger partial charge in [-0.1, -0.05) is 30.3 Å². The lowest BCUT2D eigenvalue weighted by atomic mass is 10.00. The second kappa shape index (κ2) is 7.57. The smallest absolute Gasteiger partial charge is 0.244 e. The zero-order chi connectivity index (χ0) is 17.8. The van der Waals surface area contributed by atoms with E-state index in [0.29, 0.717) is 11.5 Å². The van der Waals surface area contributed by atoms with E-state index < -0.39 is 0 Å². The van der Waals surface area contributed by atoms with Crippen LogP contribution in [0.5, 0.6) is 11.5 Å². The van der Waals surface area contributed by atoms with E-state index in [1.807, 2.05) is 43.4 Å². The molecule has 0 aliphatic carbocycles. The number of likely N-dealkylation sites (N-methyl/N-ethyl adjacent to an activating group) is 1. The lowest BCUT2D eigenvalue weighted by molar-refractivity contribution is -0.128. The van der Waals surface area contributed by atoms with Crippen LogP contribution in [0.3, 0.4) is 0 Å². The number of likely N-dealkylation sites (tertiary alicyclic amines) is 1. The van der Waals surface area contributed by atoms with Crippen LogP contribution in [0.4, 0.5) is 5.69 Å². The summed E-state index contributed by atoms with van der Waals surface area (Å²) in [6.45, 7) is 1.75. The second-order valence-electron chi connectivity index (χ2n) is 6.20. The molecule has 0 radical (unpaired) electrons. The average Bonchev–Trinajstić information content (AvgIpc) is 2.64. The first-order valence-electron chi connectivity index (χ1n) is 8.41. The lowest BCUT2D eigenvalue weighted by Gasteiger charge is -2.41. The Kier molecular flexibility index (Phi) is 5.24. The molecule has 0 bridgehead atoms. The predicted molar refractivity (Wildman–Crippen MR) is 98.2 cm³/mol. The van der Waals surface area contributed by atoms with Crippen LogP contribution in [0.1, 0.15) is 12.0 Å². The Bertz CT molecular complexity index is 733. The third kappa shape index (κ3) is 3.61. The van der Waals surface area contributed by atoms with Gasteiger partial charge in [-0.25, -0.2) is 0 Å². The van der Waals surface area contributed by atoms with E-state index in [1.165, 1.54) is 5.56 Å². The summed E-state index contributed by atoms with van der Waals surface area (Å²) < 4.78 is 10.6. The summed E-state index contributed by atoms with van der Waals surface area (Å²) in [6, 6.07) is 15.7. The van der Waals surface area contributed by atoms with E-state index in [4.69, 9.17) is 9.47 Å². The largest absolute Gasteiger partial charge is 0.493 e. The van der Waals surface area contributed by atoms with E-state index >= 15 is 0 Å². The molecule has 1 atom stereocenters. The van der Waals surface area contributed by atoms with E-state index in [2.05, 4.69) is 17.0 Å². The number of hydrogen-bond donors (Lipinski definition) is 0. The maximum Gasteiger partial charge on any atom is 0.244 e. The average molecular weight is 340 g/mol. The van der Waals surface area contributed by atoms with E-state index in [0.717, 1.165) is 25.2 Å². The van der Waals surface area contributed by atoms with E-state index in [9.17, 15) is 4.79 Å². The molecular weight excluding hydrogens is 316 g/mol. The molecule has 1 aliphatic heterocycles. The number of methoxy groups -OCH3 is 2. The number of carbonyl (C=O) groups excluding carboxylic acids is 1. The van der Waals surface area contributed by atoms with Gasteiger partial charge in [-0.2, -0.15) is 0 Å². The maximum atomic E-state index is 12.9. The van der Waals surface area contributed by atoms with Crippen molar-refractivity contribution >= 4 is 11.6 Å². The van der Waals surface area contributed by atoms with Crippen LogP contribution in [-0.4, -0.2) is 44.7 Å². The monoisotopic (exact) mass is 340 g/mol. The quantitative estimate of drug-likeness (QED) is 0.811. The molecule has 0 spiro atoms. The van der Waals surface area contributed by atoms with Gasteiger partial charge in [0.15, 0.2) is 11.5 Å². The molecule has 3 rings (SSSR count). The standard InChI is InChI=1S/C20H24N2O3/c1-21(16-9-10-18(24-2)19(13-16)25-3)20(23)17-11-12-22(17)14-15-7-5-4-6-8-15/h4-10,13,17H,11-12,14H2,1-3H3/t17-/m0/s1. The summed E-state index contributed by atoms with van der Waals surface area (Å²) in [5, 5.41) is 0. The normalized spacial score (nSPS) is 16.8.